The fraction of sp³-hybridized carbons (Fsp3) is 0.286. The smallest absolute Gasteiger partial charge is 0.330 e. The highest BCUT2D eigenvalue weighted by molar-refractivity contribution is 5.84. The van der Waals surface area contributed by atoms with E-state index in [9.17, 15) is 4.79 Å². The number of esters is 1. The molecule has 0 amide bonds. The Bertz CT molecular complexity index is 682. The second-order valence-corrected chi connectivity index (χ2v) is 5.54. The van der Waals surface area contributed by atoms with Crippen LogP contribution in [0.3, 0.4) is 0 Å². The molecular formula is C21H24N2O2. The van der Waals surface area contributed by atoms with Gasteiger partial charge < -0.3 is 4.74 Å². The molecule has 0 aliphatic heterocycles. The second kappa shape index (κ2) is 10.9. The number of aliphatic imine (C=N–C) groups is 2. The molecule has 25 heavy (non-hydrogen) atoms. The minimum atomic E-state index is -0.480. The van der Waals surface area contributed by atoms with E-state index < -0.39 is 6.04 Å². The molecular weight excluding hydrogens is 312 g/mol. The topological polar surface area (TPSA) is 51.0 Å². The van der Waals surface area contributed by atoms with E-state index in [2.05, 4.69) is 9.98 Å². The molecule has 2 aromatic rings. The number of carbonyl (C=O) groups is 1. The largest absolute Gasteiger partial charge is 0.464 e. The fourth-order valence-electron chi connectivity index (χ4n) is 2.29. The Hall–Kier alpha value is -2.75. The van der Waals surface area contributed by atoms with Crippen molar-refractivity contribution in [3.05, 3.63) is 71.8 Å². The molecule has 0 saturated heterocycles. The van der Waals surface area contributed by atoms with Crippen LogP contribution < -0.4 is 0 Å². The molecule has 0 radical (unpaired) electrons. The van der Waals surface area contributed by atoms with Crippen molar-refractivity contribution < 1.29 is 9.53 Å². The third-order valence-electron chi connectivity index (χ3n) is 3.57. The number of carbonyl (C=O) groups excluding carboxylic acids is 1. The zero-order valence-electron chi connectivity index (χ0n) is 14.5. The predicted octanol–water partition coefficient (Wildman–Crippen LogP) is 3.94. The minimum Gasteiger partial charge on any atom is -0.464 e. The zero-order chi connectivity index (χ0) is 17.7. The monoisotopic (exact) mass is 336 g/mol. The standard InChI is InChI=1S/C21H24N2O2/c1-2-25-21(24)20(23-17-19-12-7-4-8-13-19)14-9-15-22-16-18-10-5-3-6-11-18/h3-8,10-13,16-17,20H,2,9,14-15H2,1H3/t20-/m0/s1. The second-order valence-electron chi connectivity index (χ2n) is 5.54. The highest BCUT2D eigenvalue weighted by Crippen LogP contribution is 2.07. The van der Waals surface area contributed by atoms with E-state index in [-0.39, 0.29) is 5.97 Å². The average molecular weight is 336 g/mol. The molecule has 0 aliphatic rings. The van der Waals surface area contributed by atoms with Gasteiger partial charge in [-0.1, -0.05) is 60.7 Å². The van der Waals surface area contributed by atoms with E-state index in [4.69, 9.17) is 4.74 Å². The molecule has 4 nitrogen and oxygen atoms in total. The van der Waals surface area contributed by atoms with Gasteiger partial charge in [0.25, 0.3) is 0 Å². The number of hydrogen-bond acceptors (Lipinski definition) is 4. The number of hydrogen-bond donors (Lipinski definition) is 0. The molecule has 0 saturated carbocycles. The van der Waals surface area contributed by atoms with Crippen LogP contribution in [0.5, 0.6) is 0 Å². The van der Waals surface area contributed by atoms with Crippen LogP contribution in [0.15, 0.2) is 70.6 Å². The van der Waals surface area contributed by atoms with Crippen molar-refractivity contribution >= 4 is 18.4 Å². The summed E-state index contributed by atoms with van der Waals surface area (Å²) in [5, 5.41) is 0. The normalized spacial score (nSPS) is 12.5. The maximum Gasteiger partial charge on any atom is 0.330 e. The summed E-state index contributed by atoms with van der Waals surface area (Å²) < 4.78 is 5.13. The van der Waals surface area contributed by atoms with Gasteiger partial charge in [0.15, 0.2) is 0 Å². The minimum absolute atomic E-state index is 0.276. The van der Waals surface area contributed by atoms with Crippen molar-refractivity contribution in [2.24, 2.45) is 9.98 Å². The maximum absolute atomic E-state index is 12.1. The van der Waals surface area contributed by atoms with Crippen molar-refractivity contribution in [1.29, 1.82) is 0 Å². The third kappa shape index (κ3) is 7.12. The molecule has 0 unspecified atom stereocenters. The van der Waals surface area contributed by atoms with Crippen LogP contribution in [0.4, 0.5) is 0 Å². The van der Waals surface area contributed by atoms with Gasteiger partial charge >= 0.3 is 5.97 Å². The summed E-state index contributed by atoms with van der Waals surface area (Å²) in [5.74, 6) is -0.276. The SMILES string of the molecule is CCOC(=O)[C@H](CCCN=Cc1ccccc1)N=Cc1ccccc1. The molecule has 1 atom stereocenters. The third-order valence-corrected chi connectivity index (χ3v) is 3.57. The molecule has 0 heterocycles. The van der Waals surface area contributed by atoms with Crippen LogP contribution in [0.1, 0.15) is 30.9 Å². The Morgan fingerprint density at radius 2 is 1.60 bits per heavy atom. The first-order chi connectivity index (χ1) is 12.3. The fourth-order valence-corrected chi connectivity index (χ4v) is 2.29. The van der Waals surface area contributed by atoms with Crippen molar-refractivity contribution in [3.8, 4) is 0 Å². The van der Waals surface area contributed by atoms with E-state index in [1.807, 2.05) is 66.9 Å². The Kier molecular flexibility index (Phi) is 8.12. The van der Waals surface area contributed by atoms with Crippen LogP contribution in [0.25, 0.3) is 0 Å². The molecule has 0 N–H and O–H groups in total. The van der Waals surface area contributed by atoms with Gasteiger partial charge in [0.1, 0.15) is 6.04 Å². The summed E-state index contributed by atoms with van der Waals surface area (Å²) in [4.78, 5) is 20.9. The highest BCUT2D eigenvalue weighted by Gasteiger charge is 2.17. The predicted molar refractivity (Wildman–Crippen MR) is 103 cm³/mol. The molecule has 0 bridgehead atoms. The van der Waals surface area contributed by atoms with Gasteiger partial charge in [-0.15, -0.1) is 0 Å². The molecule has 4 heteroatoms. The lowest BCUT2D eigenvalue weighted by atomic mass is 10.1. The van der Waals surface area contributed by atoms with E-state index in [1.165, 1.54) is 0 Å². The van der Waals surface area contributed by atoms with Gasteiger partial charge in [0, 0.05) is 19.0 Å². The number of ether oxygens (including phenoxy) is 1. The first kappa shape index (κ1) is 18.6. The summed E-state index contributed by atoms with van der Waals surface area (Å²) in [5.41, 5.74) is 2.05. The Labute approximate surface area is 149 Å². The lowest BCUT2D eigenvalue weighted by Gasteiger charge is -2.10. The van der Waals surface area contributed by atoms with Crippen LogP contribution in [0.2, 0.25) is 0 Å². The molecule has 2 aromatic carbocycles. The van der Waals surface area contributed by atoms with E-state index >= 15 is 0 Å². The lowest BCUT2D eigenvalue weighted by molar-refractivity contribution is -0.144. The highest BCUT2D eigenvalue weighted by atomic mass is 16.5. The molecule has 130 valence electrons. The van der Waals surface area contributed by atoms with Gasteiger partial charge in [-0.2, -0.15) is 0 Å². The van der Waals surface area contributed by atoms with E-state index in [0.29, 0.717) is 19.6 Å². The molecule has 0 aromatic heterocycles. The van der Waals surface area contributed by atoms with Crippen LogP contribution >= 0.6 is 0 Å². The van der Waals surface area contributed by atoms with Crippen LogP contribution in [0, 0.1) is 0 Å². The zero-order valence-corrected chi connectivity index (χ0v) is 14.5. The Morgan fingerprint density at radius 3 is 2.20 bits per heavy atom. The van der Waals surface area contributed by atoms with E-state index in [0.717, 1.165) is 17.5 Å². The maximum atomic E-state index is 12.1. The molecule has 2 rings (SSSR count). The number of rotatable bonds is 9. The van der Waals surface area contributed by atoms with Gasteiger partial charge in [-0.3, -0.25) is 9.98 Å². The summed E-state index contributed by atoms with van der Waals surface area (Å²) in [6.07, 6.45) is 4.98. The van der Waals surface area contributed by atoms with Gasteiger partial charge in [0.05, 0.1) is 6.61 Å². The summed E-state index contributed by atoms with van der Waals surface area (Å²) in [7, 11) is 0. The summed E-state index contributed by atoms with van der Waals surface area (Å²) >= 11 is 0. The molecule has 0 spiro atoms. The van der Waals surface area contributed by atoms with Crippen molar-refractivity contribution in [2.75, 3.05) is 13.2 Å². The van der Waals surface area contributed by atoms with E-state index in [1.54, 1.807) is 13.1 Å². The van der Waals surface area contributed by atoms with Crippen molar-refractivity contribution in [3.63, 3.8) is 0 Å². The van der Waals surface area contributed by atoms with Crippen LogP contribution in [-0.2, 0) is 9.53 Å². The van der Waals surface area contributed by atoms with Crippen molar-refractivity contribution in [2.45, 2.75) is 25.8 Å². The summed E-state index contributed by atoms with van der Waals surface area (Å²) in [6.45, 7) is 2.83. The molecule has 0 fully saturated rings. The Morgan fingerprint density at radius 1 is 1.00 bits per heavy atom. The first-order valence-electron chi connectivity index (χ1n) is 8.59. The lowest BCUT2D eigenvalue weighted by Crippen LogP contribution is -2.22. The summed E-state index contributed by atoms with van der Waals surface area (Å²) in [6, 6.07) is 19.2. The first-order valence-corrected chi connectivity index (χ1v) is 8.59. The number of nitrogens with zero attached hydrogens (tertiary/aromatic N) is 2. The van der Waals surface area contributed by atoms with Gasteiger partial charge in [-0.25, -0.2) is 4.79 Å². The van der Waals surface area contributed by atoms with Gasteiger partial charge in [0.2, 0.25) is 0 Å². The van der Waals surface area contributed by atoms with Crippen molar-refractivity contribution in [1.82, 2.24) is 0 Å². The molecule has 0 aliphatic carbocycles. The Balaban J connectivity index is 1.86. The average Bonchev–Trinajstić information content (AvgIpc) is 2.65. The van der Waals surface area contributed by atoms with Gasteiger partial charge in [-0.05, 0) is 30.9 Å². The van der Waals surface area contributed by atoms with Crippen LogP contribution in [-0.4, -0.2) is 37.6 Å². The quantitative estimate of drug-likeness (QED) is 0.396. The number of benzene rings is 2.